The van der Waals surface area contributed by atoms with Crippen molar-refractivity contribution in [2.75, 3.05) is 0 Å². The van der Waals surface area contributed by atoms with Crippen molar-refractivity contribution < 1.29 is 10.2 Å². The number of rotatable bonds is 2. The third-order valence-corrected chi connectivity index (χ3v) is 8.56. The van der Waals surface area contributed by atoms with Gasteiger partial charge in [0.2, 0.25) is 0 Å². The maximum Gasteiger partial charge on any atom is 0.116 e. The fourth-order valence-corrected chi connectivity index (χ4v) is 6.71. The van der Waals surface area contributed by atoms with E-state index in [0.717, 1.165) is 41.6 Å². The Hall–Kier alpha value is -3.60. The molecule has 0 radical (unpaired) electrons. The summed E-state index contributed by atoms with van der Waals surface area (Å²) >= 11 is 7.50. The SMILES string of the molecule is Oc1ccc2cc(C3(c4ccc5cc(O)ccc5c4)c4cc(Br)ccc4-c4ccc(Br)cc43)ccc2c1. The van der Waals surface area contributed by atoms with Crippen LogP contribution in [0.4, 0.5) is 0 Å². The van der Waals surface area contributed by atoms with Crippen molar-refractivity contribution in [3.8, 4) is 22.6 Å². The average Bonchev–Trinajstić information content (AvgIpc) is 3.17. The van der Waals surface area contributed by atoms with Gasteiger partial charge >= 0.3 is 0 Å². The fourth-order valence-electron chi connectivity index (χ4n) is 5.99. The van der Waals surface area contributed by atoms with Crippen molar-refractivity contribution in [2.45, 2.75) is 5.41 Å². The van der Waals surface area contributed by atoms with Crippen molar-refractivity contribution in [1.29, 1.82) is 0 Å². The predicted octanol–water partition coefficient (Wildman–Crippen LogP) is 9.29. The van der Waals surface area contributed by atoms with Gasteiger partial charge in [0, 0.05) is 8.95 Å². The number of halogens is 2. The molecule has 2 N–H and O–H groups in total. The number of phenolic OH excluding ortho intramolecular Hbond substituents is 2. The lowest BCUT2D eigenvalue weighted by Crippen LogP contribution is -2.28. The van der Waals surface area contributed by atoms with Gasteiger partial charge in [-0.2, -0.15) is 0 Å². The zero-order valence-electron chi connectivity index (χ0n) is 19.5. The molecule has 2 nitrogen and oxygen atoms in total. The maximum absolute atomic E-state index is 10.1. The normalized spacial score (nSPS) is 13.6. The molecule has 0 amide bonds. The Labute approximate surface area is 231 Å². The van der Waals surface area contributed by atoms with Gasteiger partial charge in [-0.1, -0.05) is 80.4 Å². The summed E-state index contributed by atoms with van der Waals surface area (Å²) in [6.45, 7) is 0. The number of benzene rings is 6. The van der Waals surface area contributed by atoms with Crippen LogP contribution in [0.15, 0.2) is 118 Å². The van der Waals surface area contributed by atoms with Gasteiger partial charge < -0.3 is 10.2 Å². The van der Waals surface area contributed by atoms with Gasteiger partial charge in [-0.25, -0.2) is 0 Å². The lowest BCUT2D eigenvalue weighted by Gasteiger charge is -2.34. The number of fused-ring (bicyclic) bond motifs is 5. The molecule has 178 valence electrons. The molecule has 0 saturated carbocycles. The van der Waals surface area contributed by atoms with Crippen LogP contribution < -0.4 is 0 Å². The molecule has 7 rings (SSSR count). The number of phenols is 2. The van der Waals surface area contributed by atoms with E-state index < -0.39 is 5.41 Å². The molecule has 6 aromatic carbocycles. The molecule has 6 aromatic rings. The van der Waals surface area contributed by atoms with Crippen molar-refractivity contribution >= 4 is 53.4 Å². The molecule has 0 spiro atoms. The van der Waals surface area contributed by atoms with Crippen LogP contribution in [0.3, 0.4) is 0 Å². The molecule has 37 heavy (non-hydrogen) atoms. The van der Waals surface area contributed by atoms with Crippen LogP contribution in [0.5, 0.6) is 11.5 Å². The van der Waals surface area contributed by atoms with Crippen molar-refractivity contribution in [3.63, 3.8) is 0 Å². The van der Waals surface area contributed by atoms with Crippen LogP contribution in [0.25, 0.3) is 32.7 Å². The van der Waals surface area contributed by atoms with Gasteiger partial charge in [-0.15, -0.1) is 0 Å². The van der Waals surface area contributed by atoms with E-state index in [9.17, 15) is 10.2 Å². The van der Waals surface area contributed by atoms with Gasteiger partial charge in [-0.05, 0) is 116 Å². The molecule has 1 aliphatic rings. The Bertz CT molecular complexity index is 1750. The highest BCUT2D eigenvalue weighted by Crippen LogP contribution is 2.57. The largest absolute Gasteiger partial charge is 0.508 e. The first-order chi connectivity index (χ1) is 17.9. The predicted molar refractivity (Wildman–Crippen MR) is 157 cm³/mol. The highest BCUT2D eigenvalue weighted by molar-refractivity contribution is 9.10. The molecule has 0 fully saturated rings. The van der Waals surface area contributed by atoms with Crippen LogP contribution in [-0.2, 0) is 5.41 Å². The maximum atomic E-state index is 10.1. The Morgan fingerprint density at radius 1 is 0.432 bits per heavy atom. The zero-order valence-corrected chi connectivity index (χ0v) is 22.7. The molecular weight excluding hydrogens is 588 g/mol. The summed E-state index contributed by atoms with van der Waals surface area (Å²) in [6.07, 6.45) is 0. The van der Waals surface area contributed by atoms with Gasteiger partial charge in [0.25, 0.3) is 0 Å². The quantitative estimate of drug-likeness (QED) is 0.206. The van der Waals surface area contributed by atoms with Gasteiger partial charge in [0.1, 0.15) is 11.5 Å². The highest BCUT2D eigenvalue weighted by Gasteiger charge is 2.46. The smallest absolute Gasteiger partial charge is 0.116 e. The van der Waals surface area contributed by atoms with Crippen LogP contribution in [0.2, 0.25) is 0 Å². The summed E-state index contributed by atoms with van der Waals surface area (Å²) in [5, 5.41) is 24.2. The fraction of sp³-hybridized carbons (Fsp3) is 0.0303. The summed E-state index contributed by atoms with van der Waals surface area (Å²) in [5.74, 6) is 0.523. The summed E-state index contributed by atoms with van der Waals surface area (Å²) in [4.78, 5) is 0. The van der Waals surface area contributed by atoms with E-state index >= 15 is 0 Å². The van der Waals surface area contributed by atoms with Crippen LogP contribution in [-0.4, -0.2) is 10.2 Å². The minimum absolute atomic E-state index is 0.261. The standard InChI is InChI=1S/C33H20Br2O2/c34-25-7-11-29-30-12-8-26(35)18-32(30)33(31(29)17-25,23-5-1-21-15-27(36)9-3-19(21)13-23)24-6-2-22-16-28(37)10-4-20(22)14-24/h1-18,36-37H. The Morgan fingerprint density at radius 3 is 1.30 bits per heavy atom. The van der Waals surface area contributed by atoms with Crippen molar-refractivity contribution in [3.05, 3.63) is 140 Å². The second-order valence-electron chi connectivity index (χ2n) is 9.62. The lowest BCUT2D eigenvalue weighted by atomic mass is 9.67. The number of hydrogen-bond donors (Lipinski definition) is 2. The second-order valence-corrected chi connectivity index (χ2v) is 11.5. The van der Waals surface area contributed by atoms with E-state index in [-0.39, 0.29) is 11.5 Å². The monoisotopic (exact) mass is 606 g/mol. The first-order valence-electron chi connectivity index (χ1n) is 12.0. The van der Waals surface area contributed by atoms with Gasteiger partial charge in [0.15, 0.2) is 0 Å². The van der Waals surface area contributed by atoms with E-state index in [1.807, 2.05) is 12.1 Å². The van der Waals surface area contributed by atoms with Crippen LogP contribution >= 0.6 is 31.9 Å². The van der Waals surface area contributed by atoms with E-state index in [4.69, 9.17) is 0 Å². The van der Waals surface area contributed by atoms with Gasteiger partial charge in [0.05, 0.1) is 5.41 Å². The Kier molecular flexibility index (Phi) is 5.01. The molecule has 0 heterocycles. The second kappa shape index (κ2) is 8.20. The Balaban J connectivity index is 1.64. The first-order valence-corrected chi connectivity index (χ1v) is 13.6. The van der Waals surface area contributed by atoms with Crippen molar-refractivity contribution in [1.82, 2.24) is 0 Å². The van der Waals surface area contributed by atoms with Crippen molar-refractivity contribution in [2.24, 2.45) is 0 Å². The molecule has 0 aromatic heterocycles. The number of hydrogen-bond acceptors (Lipinski definition) is 2. The molecule has 0 saturated heterocycles. The highest BCUT2D eigenvalue weighted by atomic mass is 79.9. The molecule has 1 aliphatic carbocycles. The van der Waals surface area contributed by atoms with E-state index in [1.165, 1.54) is 22.3 Å². The third-order valence-electron chi connectivity index (χ3n) is 7.58. The van der Waals surface area contributed by atoms with Crippen LogP contribution in [0, 0.1) is 0 Å². The average molecular weight is 608 g/mol. The van der Waals surface area contributed by atoms with E-state index in [2.05, 4.69) is 105 Å². The zero-order chi connectivity index (χ0) is 25.3. The summed E-state index contributed by atoms with van der Waals surface area (Å²) in [6, 6.07) is 37.2. The molecule has 0 unspecified atom stereocenters. The molecule has 0 bridgehead atoms. The first kappa shape index (κ1) is 22.6. The number of aromatic hydroxyl groups is 2. The lowest BCUT2D eigenvalue weighted by molar-refractivity contribution is 0.475. The summed E-state index contributed by atoms with van der Waals surface area (Å²) < 4.78 is 2.05. The van der Waals surface area contributed by atoms with Gasteiger partial charge in [-0.3, -0.25) is 0 Å². The topological polar surface area (TPSA) is 40.5 Å². The minimum atomic E-state index is -0.573. The van der Waals surface area contributed by atoms with Crippen LogP contribution in [0.1, 0.15) is 22.3 Å². The summed E-state index contributed by atoms with van der Waals surface area (Å²) in [5.41, 5.74) is 6.58. The third kappa shape index (κ3) is 3.36. The molecule has 4 heteroatoms. The van der Waals surface area contributed by atoms with E-state index in [1.54, 1.807) is 24.3 Å². The molecule has 0 atom stereocenters. The van der Waals surface area contributed by atoms with E-state index in [0.29, 0.717) is 0 Å². The summed E-state index contributed by atoms with van der Waals surface area (Å²) in [7, 11) is 0. The Morgan fingerprint density at radius 2 is 0.838 bits per heavy atom. The molecular formula is C33H20Br2O2. The minimum Gasteiger partial charge on any atom is -0.508 e. The molecule has 0 aliphatic heterocycles.